The first-order valence-electron chi connectivity index (χ1n) is 5.10. The first-order chi connectivity index (χ1) is 8.11. The molecule has 0 atom stereocenters. The van der Waals surface area contributed by atoms with Crippen LogP contribution in [0.2, 0.25) is 0 Å². The summed E-state index contributed by atoms with van der Waals surface area (Å²) in [4.78, 5) is 15.3. The summed E-state index contributed by atoms with van der Waals surface area (Å²) in [7, 11) is 0. The van der Waals surface area contributed by atoms with Crippen molar-refractivity contribution in [1.82, 2.24) is 9.55 Å². The number of imidazole rings is 1. The smallest absolute Gasteiger partial charge is 0.219 e. The fraction of sp³-hybridized carbons (Fsp3) is 0.273. The number of hydrogen-bond donors (Lipinski definition) is 1. The van der Waals surface area contributed by atoms with Crippen molar-refractivity contribution in [2.45, 2.75) is 18.8 Å². The van der Waals surface area contributed by atoms with E-state index in [0.29, 0.717) is 18.8 Å². The lowest BCUT2D eigenvalue weighted by molar-refractivity contribution is -0.118. The Balaban J connectivity index is 2.47. The lowest BCUT2D eigenvalue weighted by atomic mass is 10.3. The Morgan fingerprint density at radius 2 is 2.29 bits per heavy atom. The van der Waals surface area contributed by atoms with Gasteiger partial charge >= 0.3 is 0 Å². The third-order valence-electron chi connectivity index (χ3n) is 2.49. The first-order valence-corrected chi connectivity index (χ1v) is 6.72. The molecule has 0 aliphatic rings. The molecule has 0 bridgehead atoms. The highest BCUT2D eigenvalue weighted by Gasteiger charge is 2.10. The summed E-state index contributed by atoms with van der Waals surface area (Å²) in [6.07, 6.45) is 0.293. The van der Waals surface area contributed by atoms with Crippen molar-refractivity contribution in [3.63, 3.8) is 0 Å². The second-order valence-electron chi connectivity index (χ2n) is 3.66. The molecule has 4 nitrogen and oxygen atoms in total. The molecule has 0 spiro atoms. The van der Waals surface area contributed by atoms with E-state index in [2.05, 4.69) is 27.6 Å². The molecule has 0 aliphatic heterocycles. The van der Waals surface area contributed by atoms with Gasteiger partial charge in [-0.2, -0.15) is 0 Å². The molecule has 2 aromatic rings. The third-order valence-corrected chi connectivity index (χ3v) is 3.40. The lowest BCUT2D eigenvalue weighted by Gasteiger charge is -2.05. The number of hydrogen-bond acceptors (Lipinski definition) is 2. The summed E-state index contributed by atoms with van der Waals surface area (Å²) < 4.78 is 3.07. The van der Waals surface area contributed by atoms with Crippen LogP contribution in [0.1, 0.15) is 12.2 Å². The third kappa shape index (κ3) is 2.71. The van der Waals surface area contributed by atoms with Gasteiger partial charge in [0.25, 0.3) is 0 Å². The summed E-state index contributed by atoms with van der Waals surface area (Å²) in [5.74, 6) is 0.770. The molecule has 90 valence electrons. The van der Waals surface area contributed by atoms with Crippen molar-refractivity contribution in [2.75, 3.05) is 0 Å². The number of amides is 1. The van der Waals surface area contributed by atoms with Crippen molar-refractivity contribution in [3.05, 3.63) is 27.6 Å². The zero-order valence-corrected chi connectivity index (χ0v) is 11.9. The van der Waals surface area contributed by atoms with Gasteiger partial charge in [0, 0.05) is 16.5 Å². The van der Waals surface area contributed by atoms with Gasteiger partial charge in [-0.3, -0.25) is 4.79 Å². The number of carbonyl (C=O) groups is 1. The van der Waals surface area contributed by atoms with Crippen LogP contribution >= 0.6 is 34.2 Å². The van der Waals surface area contributed by atoms with Gasteiger partial charge in [0.1, 0.15) is 5.82 Å². The van der Waals surface area contributed by atoms with Gasteiger partial charge in [0.2, 0.25) is 5.91 Å². The van der Waals surface area contributed by atoms with Crippen LogP contribution in [0.3, 0.4) is 0 Å². The highest BCUT2D eigenvalue weighted by Crippen LogP contribution is 2.20. The van der Waals surface area contributed by atoms with E-state index in [4.69, 9.17) is 17.3 Å². The van der Waals surface area contributed by atoms with Gasteiger partial charge in [-0.25, -0.2) is 4.98 Å². The van der Waals surface area contributed by atoms with Gasteiger partial charge in [0.15, 0.2) is 0 Å². The van der Waals surface area contributed by atoms with Gasteiger partial charge in [-0.15, -0.1) is 11.6 Å². The molecule has 0 unspecified atom stereocenters. The number of aryl methyl sites for hydroxylation is 1. The number of rotatable bonds is 4. The van der Waals surface area contributed by atoms with E-state index in [-0.39, 0.29) is 5.91 Å². The van der Waals surface area contributed by atoms with Crippen LogP contribution in [0.5, 0.6) is 0 Å². The zero-order chi connectivity index (χ0) is 12.4. The van der Waals surface area contributed by atoms with Crippen LogP contribution < -0.4 is 5.73 Å². The fourth-order valence-electron chi connectivity index (χ4n) is 1.73. The van der Waals surface area contributed by atoms with Crippen molar-refractivity contribution in [1.29, 1.82) is 0 Å². The van der Waals surface area contributed by atoms with E-state index >= 15 is 0 Å². The Hall–Kier alpha value is -0.820. The van der Waals surface area contributed by atoms with Gasteiger partial charge in [-0.1, -0.05) is 0 Å². The van der Waals surface area contributed by atoms with Crippen molar-refractivity contribution < 1.29 is 4.79 Å². The summed E-state index contributed by atoms with van der Waals surface area (Å²) in [6, 6.07) is 5.98. The van der Waals surface area contributed by atoms with E-state index in [1.54, 1.807) is 0 Å². The van der Waals surface area contributed by atoms with Crippen LogP contribution in [-0.2, 0) is 17.2 Å². The highest BCUT2D eigenvalue weighted by molar-refractivity contribution is 14.1. The number of benzene rings is 1. The van der Waals surface area contributed by atoms with E-state index in [1.165, 1.54) is 0 Å². The molecular weight excluding hydrogens is 352 g/mol. The van der Waals surface area contributed by atoms with E-state index in [9.17, 15) is 4.79 Å². The minimum atomic E-state index is -0.321. The average Bonchev–Trinajstić information content (AvgIpc) is 2.63. The molecule has 2 rings (SSSR count). The Labute approximate surface area is 117 Å². The van der Waals surface area contributed by atoms with Crippen LogP contribution in [0.15, 0.2) is 18.2 Å². The number of nitrogens with two attached hydrogens (primary N) is 1. The van der Waals surface area contributed by atoms with Gasteiger partial charge < -0.3 is 10.3 Å². The highest BCUT2D eigenvalue weighted by atomic mass is 127. The number of halogens is 2. The van der Waals surface area contributed by atoms with Crippen molar-refractivity contribution in [3.8, 4) is 0 Å². The summed E-state index contributed by atoms with van der Waals surface area (Å²) >= 11 is 8.09. The second kappa shape index (κ2) is 5.22. The molecular formula is C11H11ClIN3O. The molecule has 2 N–H and O–H groups in total. The van der Waals surface area contributed by atoms with Gasteiger partial charge in [-0.05, 0) is 40.8 Å². The Morgan fingerprint density at radius 3 is 2.94 bits per heavy atom. The molecule has 1 amide bonds. The maximum Gasteiger partial charge on any atom is 0.219 e. The maximum atomic E-state index is 10.8. The molecule has 6 heteroatoms. The number of alkyl halides is 1. The molecule has 1 aromatic heterocycles. The van der Waals surface area contributed by atoms with Gasteiger partial charge in [0.05, 0.1) is 16.9 Å². The SMILES string of the molecule is NC(=O)CCn1c(CCl)nc2cc(I)ccc21. The number of nitrogens with zero attached hydrogens (tertiary/aromatic N) is 2. The number of fused-ring (bicyclic) bond motifs is 1. The Morgan fingerprint density at radius 1 is 1.53 bits per heavy atom. The van der Waals surface area contributed by atoms with E-state index < -0.39 is 0 Å². The maximum absolute atomic E-state index is 10.8. The number of aromatic nitrogens is 2. The quantitative estimate of drug-likeness (QED) is 0.669. The summed E-state index contributed by atoms with van der Waals surface area (Å²) in [5, 5.41) is 0. The molecule has 0 fully saturated rings. The number of carbonyl (C=O) groups excluding carboxylic acids is 1. The molecule has 0 radical (unpaired) electrons. The molecule has 1 aromatic carbocycles. The topological polar surface area (TPSA) is 60.9 Å². The normalized spacial score (nSPS) is 10.9. The monoisotopic (exact) mass is 363 g/mol. The van der Waals surface area contributed by atoms with Crippen LogP contribution in [-0.4, -0.2) is 15.5 Å². The Kier molecular flexibility index (Phi) is 3.88. The van der Waals surface area contributed by atoms with Crippen molar-refractivity contribution >= 4 is 51.1 Å². The van der Waals surface area contributed by atoms with E-state index in [0.717, 1.165) is 20.4 Å². The number of primary amides is 1. The Bertz CT molecular complexity index is 567. The van der Waals surface area contributed by atoms with Crippen LogP contribution in [0, 0.1) is 3.57 Å². The van der Waals surface area contributed by atoms with Crippen LogP contribution in [0.4, 0.5) is 0 Å². The predicted molar refractivity (Wildman–Crippen MR) is 75.8 cm³/mol. The predicted octanol–water partition coefficient (Wildman–Crippen LogP) is 2.26. The molecule has 0 saturated carbocycles. The second-order valence-corrected chi connectivity index (χ2v) is 5.18. The van der Waals surface area contributed by atoms with Crippen LogP contribution in [0.25, 0.3) is 11.0 Å². The fourth-order valence-corrected chi connectivity index (χ4v) is 2.41. The molecule has 17 heavy (non-hydrogen) atoms. The molecule has 0 aliphatic carbocycles. The molecule has 0 saturated heterocycles. The van der Waals surface area contributed by atoms with Crippen molar-refractivity contribution in [2.24, 2.45) is 5.73 Å². The summed E-state index contributed by atoms with van der Waals surface area (Å²) in [5.41, 5.74) is 7.05. The standard InChI is InChI=1S/C11H11ClIN3O/c12-6-11-15-8-5-7(13)1-2-9(8)16(11)4-3-10(14)17/h1-2,5H,3-4,6H2,(H2,14,17). The van der Waals surface area contributed by atoms with E-state index in [1.807, 2.05) is 22.8 Å². The average molecular weight is 364 g/mol. The molecule has 1 heterocycles. The lowest BCUT2D eigenvalue weighted by Crippen LogP contribution is -2.14. The largest absolute Gasteiger partial charge is 0.370 e. The summed E-state index contributed by atoms with van der Waals surface area (Å²) in [6.45, 7) is 0.522. The minimum Gasteiger partial charge on any atom is -0.370 e. The minimum absolute atomic E-state index is 0.293. The zero-order valence-electron chi connectivity index (χ0n) is 8.99. The first kappa shape index (κ1) is 12.6.